The van der Waals surface area contributed by atoms with Crippen LogP contribution in [0.25, 0.3) is 0 Å². The van der Waals surface area contributed by atoms with Crippen LogP contribution in [0.2, 0.25) is 0 Å². The maximum absolute atomic E-state index is 11.3. The van der Waals surface area contributed by atoms with Gasteiger partial charge in [-0.05, 0) is 36.5 Å². The first-order chi connectivity index (χ1) is 8.99. The van der Waals surface area contributed by atoms with E-state index >= 15 is 0 Å². The Morgan fingerprint density at radius 2 is 2.11 bits per heavy atom. The van der Waals surface area contributed by atoms with Crippen molar-refractivity contribution in [2.75, 3.05) is 5.32 Å². The molecule has 0 spiro atoms. The van der Waals surface area contributed by atoms with E-state index in [0.717, 1.165) is 16.6 Å². The third-order valence-electron chi connectivity index (χ3n) is 4.26. The zero-order valence-electron chi connectivity index (χ0n) is 11.3. The summed E-state index contributed by atoms with van der Waals surface area (Å²) in [5.74, 6) is 0.370. The predicted octanol–water partition coefficient (Wildman–Crippen LogP) is 4.38. The molecule has 104 valence electrons. The van der Waals surface area contributed by atoms with Crippen LogP contribution in [0.1, 0.15) is 43.5 Å². The van der Waals surface area contributed by atoms with Crippen molar-refractivity contribution >= 4 is 27.6 Å². The van der Waals surface area contributed by atoms with Gasteiger partial charge in [-0.25, -0.2) is 4.79 Å². The summed E-state index contributed by atoms with van der Waals surface area (Å²) in [6.07, 6.45) is 3.59. The van der Waals surface area contributed by atoms with Gasteiger partial charge in [0.25, 0.3) is 0 Å². The number of hydrogen-bond acceptors (Lipinski definition) is 2. The van der Waals surface area contributed by atoms with Gasteiger partial charge in [0.15, 0.2) is 0 Å². The lowest BCUT2D eigenvalue weighted by Gasteiger charge is -2.35. The molecule has 3 nitrogen and oxygen atoms in total. The predicted molar refractivity (Wildman–Crippen MR) is 80.7 cm³/mol. The van der Waals surface area contributed by atoms with Gasteiger partial charge in [-0.15, -0.1) is 0 Å². The van der Waals surface area contributed by atoms with Gasteiger partial charge in [-0.3, -0.25) is 0 Å². The largest absolute Gasteiger partial charge is 0.478 e. The minimum atomic E-state index is -0.889. The Balaban J connectivity index is 2.21. The molecule has 0 amide bonds. The van der Waals surface area contributed by atoms with Gasteiger partial charge in [-0.2, -0.15) is 0 Å². The fourth-order valence-electron chi connectivity index (χ4n) is 2.80. The second kappa shape index (κ2) is 5.95. The van der Waals surface area contributed by atoms with Crippen LogP contribution in [0.4, 0.5) is 5.69 Å². The summed E-state index contributed by atoms with van der Waals surface area (Å²) >= 11 is 3.32. The molecule has 1 aromatic carbocycles. The monoisotopic (exact) mass is 325 g/mol. The highest BCUT2D eigenvalue weighted by Gasteiger charge is 2.27. The van der Waals surface area contributed by atoms with Gasteiger partial charge in [0, 0.05) is 16.2 Å². The number of halogens is 1. The Morgan fingerprint density at radius 3 is 2.79 bits per heavy atom. The molecule has 1 aliphatic carbocycles. The molecule has 0 bridgehead atoms. The second-order valence-electron chi connectivity index (χ2n) is 5.51. The van der Waals surface area contributed by atoms with Crippen molar-refractivity contribution in [2.45, 2.75) is 39.2 Å². The number of benzene rings is 1. The molecule has 2 N–H and O–H groups in total. The average Bonchev–Trinajstić information content (AvgIpc) is 2.36. The van der Waals surface area contributed by atoms with Crippen LogP contribution in [0.15, 0.2) is 22.7 Å². The first-order valence-electron chi connectivity index (χ1n) is 6.78. The molecule has 1 fully saturated rings. The molecule has 4 heteroatoms. The van der Waals surface area contributed by atoms with Crippen LogP contribution >= 0.6 is 15.9 Å². The highest BCUT2D eigenvalue weighted by molar-refractivity contribution is 9.10. The summed E-state index contributed by atoms with van der Waals surface area (Å²) in [6, 6.07) is 5.75. The quantitative estimate of drug-likeness (QED) is 0.866. The minimum absolute atomic E-state index is 0.333. The smallest absolute Gasteiger partial charge is 0.337 e. The van der Waals surface area contributed by atoms with Crippen molar-refractivity contribution in [2.24, 2.45) is 11.8 Å². The van der Waals surface area contributed by atoms with Crippen LogP contribution < -0.4 is 5.32 Å². The Morgan fingerprint density at radius 1 is 1.37 bits per heavy atom. The summed E-state index contributed by atoms with van der Waals surface area (Å²) < 4.78 is 0.792. The number of rotatable bonds is 3. The Bertz CT molecular complexity index is 475. The summed E-state index contributed by atoms with van der Waals surface area (Å²) in [5.41, 5.74) is 1.06. The van der Waals surface area contributed by atoms with Gasteiger partial charge in [0.1, 0.15) is 0 Å². The summed E-state index contributed by atoms with van der Waals surface area (Å²) in [4.78, 5) is 11.3. The molecule has 2 rings (SSSR count). The van der Waals surface area contributed by atoms with Crippen molar-refractivity contribution in [3.8, 4) is 0 Å². The van der Waals surface area contributed by atoms with Crippen LogP contribution in [-0.4, -0.2) is 17.1 Å². The van der Waals surface area contributed by atoms with Crippen LogP contribution in [0.3, 0.4) is 0 Å². The molecule has 0 aliphatic heterocycles. The topological polar surface area (TPSA) is 49.3 Å². The number of carboxylic acids is 1. The van der Waals surface area contributed by atoms with Gasteiger partial charge in [0.2, 0.25) is 0 Å². The lowest BCUT2D eigenvalue weighted by molar-refractivity contribution is 0.0697. The van der Waals surface area contributed by atoms with Crippen LogP contribution in [0.5, 0.6) is 0 Å². The summed E-state index contributed by atoms with van der Waals surface area (Å²) in [6.45, 7) is 4.53. The van der Waals surface area contributed by atoms with Crippen molar-refractivity contribution in [1.29, 1.82) is 0 Å². The number of anilines is 1. The third kappa shape index (κ3) is 3.30. The molecule has 1 aromatic rings. The van der Waals surface area contributed by atoms with Crippen molar-refractivity contribution in [3.05, 3.63) is 28.2 Å². The Hall–Kier alpha value is -1.03. The molecule has 1 saturated carbocycles. The van der Waals surface area contributed by atoms with Gasteiger partial charge >= 0.3 is 5.97 Å². The van der Waals surface area contributed by atoms with Crippen molar-refractivity contribution in [1.82, 2.24) is 0 Å². The summed E-state index contributed by atoms with van der Waals surface area (Å²) in [5, 5.41) is 12.7. The molecule has 0 saturated heterocycles. The van der Waals surface area contributed by atoms with E-state index in [1.165, 1.54) is 12.8 Å². The summed E-state index contributed by atoms with van der Waals surface area (Å²) in [7, 11) is 0. The molecular weight excluding hydrogens is 306 g/mol. The lowest BCUT2D eigenvalue weighted by atomic mass is 9.78. The van der Waals surface area contributed by atoms with E-state index < -0.39 is 5.97 Å². The molecule has 19 heavy (non-hydrogen) atoms. The van der Waals surface area contributed by atoms with Crippen molar-refractivity contribution < 1.29 is 9.90 Å². The fourth-order valence-corrected chi connectivity index (χ4v) is 3.17. The van der Waals surface area contributed by atoms with E-state index in [2.05, 4.69) is 35.1 Å². The highest BCUT2D eigenvalue weighted by atomic mass is 79.9. The van der Waals surface area contributed by atoms with Crippen LogP contribution in [-0.2, 0) is 0 Å². The first-order valence-corrected chi connectivity index (χ1v) is 7.57. The van der Waals surface area contributed by atoms with E-state index in [4.69, 9.17) is 0 Å². The molecular formula is C15H20BrNO2. The second-order valence-corrected chi connectivity index (χ2v) is 6.43. The minimum Gasteiger partial charge on any atom is -0.478 e. The number of hydrogen-bond donors (Lipinski definition) is 2. The fraction of sp³-hybridized carbons (Fsp3) is 0.533. The normalized spacial score (nSPS) is 27.0. The molecule has 0 aromatic heterocycles. The van der Waals surface area contributed by atoms with E-state index in [1.807, 2.05) is 12.1 Å². The number of nitrogens with one attached hydrogen (secondary N) is 1. The molecule has 0 heterocycles. The molecule has 3 unspecified atom stereocenters. The van der Waals surface area contributed by atoms with Crippen LogP contribution in [0, 0.1) is 11.8 Å². The maximum Gasteiger partial charge on any atom is 0.337 e. The van der Waals surface area contributed by atoms with Gasteiger partial charge in [-0.1, -0.05) is 42.6 Å². The Labute approximate surface area is 122 Å². The van der Waals surface area contributed by atoms with Crippen molar-refractivity contribution in [3.63, 3.8) is 0 Å². The molecule has 1 aliphatic rings. The number of carbonyl (C=O) groups is 1. The standard InChI is InChI=1S/C15H20BrNO2/c1-9-4-3-5-13(10(9)2)17-14-7-6-11(16)8-12(14)15(18)19/h6-10,13,17H,3-5H2,1-2H3,(H,18,19). The van der Waals surface area contributed by atoms with E-state index in [9.17, 15) is 9.90 Å². The lowest BCUT2D eigenvalue weighted by Crippen LogP contribution is -2.35. The zero-order chi connectivity index (χ0) is 14.0. The molecule has 0 radical (unpaired) electrons. The first kappa shape index (κ1) is 14.4. The average molecular weight is 326 g/mol. The van der Waals surface area contributed by atoms with Gasteiger partial charge < -0.3 is 10.4 Å². The zero-order valence-corrected chi connectivity index (χ0v) is 12.9. The highest BCUT2D eigenvalue weighted by Crippen LogP contribution is 2.32. The van der Waals surface area contributed by atoms with E-state index in [1.54, 1.807) is 6.07 Å². The number of carboxylic acid groups (broad SMARTS) is 1. The number of aromatic carboxylic acids is 1. The third-order valence-corrected chi connectivity index (χ3v) is 4.75. The maximum atomic E-state index is 11.3. The Kier molecular flexibility index (Phi) is 4.50. The van der Waals surface area contributed by atoms with E-state index in [-0.39, 0.29) is 0 Å². The van der Waals surface area contributed by atoms with E-state index in [0.29, 0.717) is 23.4 Å². The SMILES string of the molecule is CC1CCCC(Nc2ccc(Br)cc2C(=O)O)C1C. The van der Waals surface area contributed by atoms with Gasteiger partial charge in [0.05, 0.1) is 5.56 Å². The molecule has 3 atom stereocenters.